The predicted molar refractivity (Wildman–Crippen MR) is 124 cm³/mol. The number of hydrogen-bond acceptors (Lipinski definition) is 7. The smallest absolute Gasteiger partial charge is 0.410 e. The third-order valence-corrected chi connectivity index (χ3v) is 6.70. The Morgan fingerprint density at radius 3 is 2.64 bits per heavy atom. The van der Waals surface area contributed by atoms with Crippen LogP contribution in [0.3, 0.4) is 0 Å². The molecule has 0 spiro atoms. The van der Waals surface area contributed by atoms with E-state index in [1.165, 1.54) is 18.5 Å². The van der Waals surface area contributed by atoms with Crippen LogP contribution in [0.5, 0.6) is 5.88 Å². The van der Waals surface area contributed by atoms with Gasteiger partial charge in [-0.3, -0.25) is 5.14 Å². The van der Waals surface area contributed by atoms with Gasteiger partial charge in [-0.05, 0) is 44.3 Å². The summed E-state index contributed by atoms with van der Waals surface area (Å²) in [6, 6.07) is 4.20. The first-order chi connectivity index (χ1) is 15.6. The van der Waals surface area contributed by atoms with E-state index in [4.69, 9.17) is 14.6 Å². The molecular formula is C22H28FN5O4S. The van der Waals surface area contributed by atoms with Crippen molar-refractivity contribution in [2.24, 2.45) is 5.14 Å². The van der Waals surface area contributed by atoms with Crippen LogP contribution in [-0.4, -0.2) is 62.9 Å². The summed E-state index contributed by atoms with van der Waals surface area (Å²) in [5.41, 5.74) is 1.12. The minimum absolute atomic E-state index is 0.0908. The Labute approximate surface area is 192 Å². The fourth-order valence-corrected chi connectivity index (χ4v) is 4.62. The van der Waals surface area contributed by atoms with E-state index in [2.05, 4.69) is 15.8 Å². The van der Waals surface area contributed by atoms with Crippen molar-refractivity contribution in [2.75, 3.05) is 24.5 Å². The van der Waals surface area contributed by atoms with Gasteiger partial charge < -0.3 is 19.3 Å². The van der Waals surface area contributed by atoms with Gasteiger partial charge in [0, 0.05) is 37.4 Å². The number of benzene rings is 1. The Bertz CT molecular complexity index is 1150. The Balaban J connectivity index is 1.47. The number of rotatable bonds is 5. The molecule has 1 atom stereocenters. The summed E-state index contributed by atoms with van der Waals surface area (Å²) in [5.74, 6) is 3.90. The summed E-state index contributed by atoms with van der Waals surface area (Å²) in [7, 11) is -3.00. The Kier molecular flexibility index (Phi) is 6.44. The van der Waals surface area contributed by atoms with Crippen LogP contribution in [0.4, 0.5) is 20.7 Å². The molecule has 1 amide bonds. The Hall–Kier alpha value is -2.92. The third kappa shape index (κ3) is 5.03. The first-order valence-corrected chi connectivity index (χ1v) is 12.6. The summed E-state index contributed by atoms with van der Waals surface area (Å²) < 4.78 is 38.2. The molecule has 2 aromatic rings. The van der Waals surface area contributed by atoms with Gasteiger partial charge in [-0.2, -0.15) is 0 Å². The van der Waals surface area contributed by atoms with Crippen molar-refractivity contribution in [1.82, 2.24) is 14.9 Å². The summed E-state index contributed by atoms with van der Waals surface area (Å²) in [6.07, 6.45) is 2.76. The van der Waals surface area contributed by atoms with E-state index in [0.29, 0.717) is 56.3 Å². The molecule has 2 N–H and O–H groups in total. The number of halogens is 1. The minimum atomic E-state index is -3.00. The van der Waals surface area contributed by atoms with Crippen LogP contribution in [0.2, 0.25) is 0 Å². The van der Waals surface area contributed by atoms with Gasteiger partial charge in [0.1, 0.15) is 24.1 Å². The van der Waals surface area contributed by atoms with Crippen LogP contribution >= 0.6 is 0 Å². The van der Waals surface area contributed by atoms with Gasteiger partial charge in [-0.25, -0.2) is 23.4 Å². The van der Waals surface area contributed by atoms with Crippen molar-refractivity contribution < 1.29 is 22.9 Å². The number of anilines is 2. The van der Waals surface area contributed by atoms with Gasteiger partial charge >= 0.3 is 6.09 Å². The van der Waals surface area contributed by atoms with Crippen molar-refractivity contribution in [3.63, 3.8) is 0 Å². The zero-order valence-electron chi connectivity index (χ0n) is 18.7. The van der Waals surface area contributed by atoms with Crippen LogP contribution in [0.15, 0.2) is 29.4 Å². The van der Waals surface area contributed by atoms with Crippen LogP contribution in [0.1, 0.15) is 32.3 Å². The van der Waals surface area contributed by atoms with Gasteiger partial charge in [0.15, 0.2) is 0 Å². The van der Waals surface area contributed by atoms with Gasteiger partial charge in [0.05, 0.1) is 27.1 Å². The lowest BCUT2D eigenvalue weighted by atomic mass is 10.1. The second kappa shape index (κ2) is 9.14. The van der Waals surface area contributed by atoms with E-state index in [0.717, 1.165) is 11.6 Å². The molecule has 1 unspecified atom stereocenters. The number of nitrogens with two attached hydrogens (primary N) is 1. The minimum Gasteiger partial charge on any atom is -0.474 e. The van der Waals surface area contributed by atoms with Crippen molar-refractivity contribution in [2.45, 2.75) is 50.2 Å². The van der Waals surface area contributed by atoms with Crippen LogP contribution in [0, 0.1) is 5.82 Å². The van der Waals surface area contributed by atoms with Gasteiger partial charge in [0.25, 0.3) is 0 Å². The van der Waals surface area contributed by atoms with E-state index >= 15 is 0 Å². The average molecular weight is 478 g/mol. The molecule has 0 bridgehead atoms. The predicted octanol–water partition coefficient (Wildman–Crippen LogP) is 2.65. The monoisotopic (exact) mass is 477 g/mol. The lowest BCUT2D eigenvalue weighted by molar-refractivity contribution is 0.0505. The molecule has 4 rings (SSSR count). The molecule has 11 heteroatoms. The number of nitrogens with zero attached hydrogens (tertiary/aromatic N) is 4. The highest BCUT2D eigenvalue weighted by Crippen LogP contribution is 2.38. The largest absolute Gasteiger partial charge is 0.474 e. The van der Waals surface area contributed by atoms with Crippen molar-refractivity contribution in [1.29, 1.82) is 0 Å². The molecule has 0 radical (unpaired) electrons. The molecule has 1 aromatic heterocycles. The molecule has 33 heavy (non-hydrogen) atoms. The second-order valence-corrected chi connectivity index (χ2v) is 10.4. The molecule has 9 nitrogen and oxygen atoms in total. The van der Waals surface area contributed by atoms with Crippen LogP contribution in [0.25, 0.3) is 0 Å². The molecule has 1 saturated heterocycles. The molecule has 3 heterocycles. The molecule has 0 saturated carbocycles. The number of carbonyl (C=O) groups excluding carboxylic acids is 1. The van der Waals surface area contributed by atoms with Crippen molar-refractivity contribution in [3.05, 3.63) is 35.9 Å². The highest BCUT2D eigenvalue weighted by molar-refractivity contribution is 7.98. The number of carbonyl (C=O) groups is 1. The number of fused-ring (bicyclic) bond motifs is 1. The van der Waals surface area contributed by atoms with Gasteiger partial charge in [0.2, 0.25) is 5.88 Å². The van der Waals surface area contributed by atoms with E-state index in [1.54, 1.807) is 9.80 Å². The second-order valence-electron chi connectivity index (χ2n) is 8.46. The van der Waals surface area contributed by atoms with E-state index in [9.17, 15) is 13.4 Å². The molecule has 2 aliphatic rings. The SMILES string of the molecule is C=S(N)(=O)c1ccc(N2CCc3c(OC4CCN(C(=O)OC(C)C)CC4)ncnc32)c(F)c1. The number of hydrogen-bond donors (Lipinski definition) is 1. The number of ether oxygens (including phenoxy) is 2. The Morgan fingerprint density at radius 1 is 1.27 bits per heavy atom. The molecule has 1 fully saturated rings. The number of piperidine rings is 1. The number of likely N-dealkylation sites (tertiary alicyclic amines) is 1. The molecule has 1 aromatic carbocycles. The van der Waals surface area contributed by atoms with E-state index < -0.39 is 15.5 Å². The summed E-state index contributed by atoms with van der Waals surface area (Å²) in [4.78, 5) is 24.3. The maximum atomic E-state index is 14.8. The average Bonchev–Trinajstić information content (AvgIpc) is 3.18. The van der Waals surface area contributed by atoms with Crippen molar-refractivity contribution >= 4 is 33.2 Å². The fourth-order valence-electron chi connectivity index (χ4n) is 4.02. The van der Waals surface area contributed by atoms with Crippen molar-refractivity contribution in [3.8, 4) is 5.88 Å². The van der Waals surface area contributed by atoms with E-state index in [1.807, 2.05) is 13.8 Å². The lowest BCUT2D eigenvalue weighted by Crippen LogP contribution is -2.42. The first-order valence-electron chi connectivity index (χ1n) is 10.8. The number of amides is 1. The van der Waals surface area contributed by atoms with Crippen LogP contribution in [-0.2, 0) is 20.9 Å². The molecule has 178 valence electrons. The quantitative estimate of drug-likeness (QED) is 0.659. The maximum absolute atomic E-state index is 14.8. The van der Waals surface area contributed by atoms with Gasteiger partial charge in [-0.1, -0.05) is 0 Å². The normalized spacial score (nSPS) is 18.2. The van der Waals surface area contributed by atoms with E-state index in [-0.39, 0.29) is 23.2 Å². The standard InChI is InChI=1S/C22H28FN5O4S/c1-14(2)31-22(29)27-9-6-15(7-10-27)32-21-17-8-11-28(20(17)25-13-26-21)19-5-4-16(12-18(19)23)33(3,24)30/h4-5,12-15H,3,6-11H2,1-2H3,(H2,24,30). The maximum Gasteiger partial charge on any atom is 0.410 e. The fraction of sp³-hybridized carbons (Fsp3) is 0.455. The molecular weight excluding hydrogens is 449 g/mol. The highest BCUT2D eigenvalue weighted by atomic mass is 32.2. The molecule has 0 aliphatic carbocycles. The summed E-state index contributed by atoms with van der Waals surface area (Å²) >= 11 is 0. The highest BCUT2D eigenvalue weighted by Gasteiger charge is 2.31. The topological polar surface area (TPSA) is 111 Å². The summed E-state index contributed by atoms with van der Waals surface area (Å²) in [6.45, 7) is 5.24. The summed E-state index contributed by atoms with van der Waals surface area (Å²) in [5, 5.41) is 5.53. The Morgan fingerprint density at radius 2 is 2.00 bits per heavy atom. The van der Waals surface area contributed by atoms with Crippen LogP contribution < -0.4 is 14.8 Å². The third-order valence-electron chi connectivity index (χ3n) is 5.65. The lowest BCUT2D eigenvalue weighted by Gasteiger charge is -2.32. The zero-order chi connectivity index (χ0) is 23.8. The number of aromatic nitrogens is 2. The van der Waals surface area contributed by atoms with Gasteiger partial charge in [-0.15, -0.1) is 0 Å². The molecule has 2 aliphatic heterocycles. The zero-order valence-corrected chi connectivity index (χ0v) is 19.5. The first kappa shape index (κ1) is 23.2.